The number of hydrogen-bond acceptors (Lipinski definition) is 5. The Hall–Kier alpha value is -2.14. The number of fused-ring (bicyclic) bond motifs is 1. The predicted octanol–water partition coefficient (Wildman–Crippen LogP) is 1.40. The zero-order valence-corrected chi connectivity index (χ0v) is 10.7. The summed E-state index contributed by atoms with van der Waals surface area (Å²) in [5, 5.41) is 22.4. The first-order valence-electron chi connectivity index (χ1n) is 5.97. The molecule has 1 aromatic rings. The minimum atomic E-state index is -0.457. The molecule has 0 saturated heterocycles. The van der Waals surface area contributed by atoms with E-state index in [0.717, 1.165) is 0 Å². The number of carbonyl (C=O) groups is 2. The van der Waals surface area contributed by atoms with Crippen LogP contribution < -0.4 is 5.32 Å². The summed E-state index contributed by atoms with van der Waals surface area (Å²) in [7, 11) is 1.76. The molecule has 0 heterocycles. The lowest BCUT2D eigenvalue weighted by atomic mass is 9.86. The Morgan fingerprint density at radius 1 is 1.16 bits per heavy atom. The van der Waals surface area contributed by atoms with Crippen LogP contribution in [0.2, 0.25) is 0 Å². The Morgan fingerprint density at radius 2 is 1.74 bits per heavy atom. The Morgan fingerprint density at radius 3 is 2.32 bits per heavy atom. The van der Waals surface area contributed by atoms with Crippen LogP contribution in [0.1, 0.15) is 34.1 Å². The van der Waals surface area contributed by atoms with E-state index in [1.54, 1.807) is 7.05 Å². The van der Waals surface area contributed by atoms with Gasteiger partial charge in [0, 0.05) is 11.6 Å². The molecular formula is C14H15NO4. The number of allylic oxidation sites excluding steroid dienone is 1. The van der Waals surface area contributed by atoms with E-state index in [1.807, 2.05) is 6.92 Å². The first-order valence-corrected chi connectivity index (χ1v) is 5.97. The van der Waals surface area contributed by atoms with E-state index in [9.17, 15) is 19.8 Å². The van der Waals surface area contributed by atoms with Gasteiger partial charge in [-0.15, -0.1) is 0 Å². The average Bonchev–Trinajstić information content (AvgIpc) is 2.38. The van der Waals surface area contributed by atoms with Gasteiger partial charge in [-0.3, -0.25) is 9.59 Å². The zero-order chi connectivity index (χ0) is 14.2. The third-order valence-electron chi connectivity index (χ3n) is 3.25. The van der Waals surface area contributed by atoms with E-state index in [0.29, 0.717) is 12.0 Å². The van der Waals surface area contributed by atoms with Crippen molar-refractivity contribution in [2.45, 2.75) is 19.4 Å². The highest BCUT2D eigenvalue weighted by Crippen LogP contribution is 2.35. The molecule has 100 valence electrons. The highest BCUT2D eigenvalue weighted by molar-refractivity contribution is 6.26. The second-order valence-corrected chi connectivity index (χ2v) is 4.61. The third-order valence-corrected chi connectivity index (χ3v) is 3.25. The summed E-state index contributed by atoms with van der Waals surface area (Å²) < 4.78 is 0. The molecular weight excluding hydrogens is 246 g/mol. The van der Waals surface area contributed by atoms with Gasteiger partial charge in [0.15, 0.2) is 11.6 Å². The summed E-state index contributed by atoms with van der Waals surface area (Å²) in [5.74, 6) is -1.44. The van der Waals surface area contributed by atoms with Crippen LogP contribution in [-0.2, 0) is 0 Å². The highest BCUT2D eigenvalue weighted by atomic mass is 16.3. The Balaban J connectivity index is 2.50. The molecule has 1 aliphatic carbocycles. The first-order chi connectivity index (χ1) is 8.95. The monoisotopic (exact) mass is 261 g/mol. The summed E-state index contributed by atoms with van der Waals surface area (Å²) in [5.41, 5.74) is 0.108. The van der Waals surface area contributed by atoms with Crippen LogP contribution in [-0.4, -0.2) is 34.9 Å². The van der Waals surface area contributed by atoms with Crippen molar-refractivity contribution in [1.82, 2.24) is 5.32 Å². The number of Topliss-reactive ketones (excluding diaryl/α,β-unsaturated/α-hetero) is 1. The van der Waals surface area contributed by atoms with Gasteiger partial charge in [-0.05, 0) is 38.6 Å². The van der Waals surface area contributed by atoms with Crippen LogP contribution in [0.25, 0.3) is 0 Å². The van der Waals surface area contributed by atoms with E-state index in [2.05, 4.69) is 5.32 Å². The minimum absolute atomic E-state index is 0.0315. The lowest BCUT2D eigenvalue weighted by Crippen LogP contribution is -2.26. The number of ketones is 2. The molecule has 1 unspecified atom stereocenters. The predicted molar refractivity (Wildman–Crippen MR) is 69.7 cm³/mol. The molecule has 0 radical (unpaired) electrons. The van der Waals surface area contributed by atoms with E-state index in [4.69, 9.17) is 0 Å². The lowest BCUT2D eigenvalue weighted by molar-refractivity contribution is 0.0975. The van der Waals surface area contributed by atoms with Crippen molar-refractivity contribution in [3.63, 3.8) is 0 Å². The second-order valence-electron chi connectivity index (χ2n) is 4.61. The third kappa shape index (κ3) is 2.24. The molecule has 0 fully saturated rings. The normalized spacial score (nSPS) is 16.0. The number of nitrogens with one attached hydrogen (secondary N) is 1. The maximum absolute atomic E-state index is 12.3. The van der Waals surface area contributed by atoms with Crippen LogP contribution in [0.15, 0.2) is 23.8 Å². The van der Waals surface area contributed by atoms with Gasteiger partial charge in [-0.2, -0.15) is 0 Å². The van der Waals surface area contributed by atoms with Gasteiger partial charge in [0.05, 0.1) is 11.1 Å². The van der Waals surface area contributed by atoms with E-state index in [-0.39, 0.29) is 28.7 Å². The number of carbonyl (C=O) groups excluding carboxylic acids is 2. The Bertz CT molecular complexity index is 589. The smallest absolute Gasteiger partial charge is 0.193 e. The van der Waals surface area contributed by atoms with Gasteiger partial charge in [-0.25, -0.2) is 0 Å². The highest BCUT2D eigenvalue weighted by Gasteiger charge is 2.31. The average molecular weight is 261 g/mol. The van der Waals surface area contributed by atoms with Crippen molar-refractivity contribution in [2.24, 2.45) is 0 Å². The van der Waals surface area contributed by atoms with Gasteiger partial charge < -0.3 is 15.5 Å². The molecule has 0 amide bonds. The number of hydrogen-bond donors (Lipinski definition) is 3. The van der Waals surface area contributed by atoms with Crippen molar-refractivity contribution < 1.29 is 19.8 Å². The molecule has 0 bridgehead atoms. The van der Waals surface area contributed by atoms with E-state index >= 15 is 0 Å². The van der Waals surface area contributed by atoms with Crippen LogP contribution >= 0.6 is 0 Å². The van der Waals surface area contributed by atoms with Crippen LogP contribution in [0.3, 0.4) is 0 Å². The summed E-state index contributed by atoms with van der Waals surface area (Å²) in [6, 6.07) is 2.45. The fraction of sp³-hybridized carbons (Fsp3) is 0.286. The Labute approximate surface area is 110 Å². The van der Waals surface area contributed by atoms with Gasteiger partial charge in [0.1, 0.15) is 11.5 Å². The fourth-order valence-corrected chi connectivity index (χ4v) is 2.10. The van der Waals surface area contributed by atoms with Crippen molar-refractivity contribution in [1.29, 1.82) is 0 Å². The molecule has 2 rings (SSSR count). The number of phenols is 2. The Kier molecular flexibility index (Phi) is 3.40. The molecule has 0 aliphatic heterocycles. The summed E-state index contributed by atoms with van der Waals surface area (Å²) in [4.78, 5) is 24.2. The van der Waals surface area contributed by atoms with Gasteiger partial charge in [-0.1, -0.05) is 0 Å². The van der Waals surface area contributed by atoms with Gasteiger partial charge in [0.25, 0.3) is 0 Å². The van der Waals surface area contributed by atoms with Gasteiger partial charge >= 0.3 is 0 Å². The zero-order valence-electron chi connectivity index (χ0n) is 10.7. The molecule has 0 aromatic heterocycles. The maximum atomic E-state index is 12.3. The second kappa shape index (κ2) is 4.85. The van der Waals surface area contributed by atoms with Crippen molar-refractivity contribution in [3.05, 3.63) is 34.9 Å². The standard InChI is InChI=1S/C14H15NO4/c1-7(15-2)5-8-6-11(18)12-9(16)3-4-10(17)13(12)14(8)19/h3-4,6-7,15-17H,5H2,1-2H3. The fourth-order valence-electron chi connectivity index (χ4n) is 2.10. The number of benzene rings is 1. The molecule has 1 aliphatic rings. The lowest BCUT2D eigenvalue weighted by Gasteiger charge is -2.19. The van der Waals surface area contributed by atoms with Crippen molar-refractivity contribution in [3.8, 4) is 11.5 Å². The number of rotatable bonds is 3. The topological polar surface area (TPSA) is 86.6 Å². The minimum Gasteiger partial charge on any atom is -0.507 e. The molecule has 0 saturated carbocycles. The number of phenolic OH excluding ortho intramolecular Hbond substituents is 2. The first kappa shape index (κ1) is 13.3. The molecule has 3 N–H and O–H groups in total. The van der Waals surface area contributed by atoms with Crippen molar-refractivity contribution in [2.75, 3.05) is 7.05 Å². The summed E-state index contributed by atoms with van der Waals surface area (Å²) in [6.45, 7) is 1.89. The van der Waals surface area contributed by atoms with Crippen LogP contribution in [0.5, 0.6) is 11.5 Å². The maximum Gasteiger partial charge on any atom is 0.193 e. The van der Waals surface area contributed by atoms with Crippen LogP contribution in [0, 0.1) is 0 Å². The molecule has 0 spiro atoms. The quantitative estimate of drug-likeness (QED) is 0.716. The molecule has 19 heavy (non-hydrogen) atoms. The van der Waals surface area contributed by atoms with Crippen LogP contribution in [0.4, 0.5) is 0 Å². The molecule has 1 atom stereocenters. The molecule has 1 aromatic carbocycles. The largest absolute Gasteiger partial charge is 0.507 e. The summed E-state index contributed by atoms with van der Waals surface area (Å²) in [6.07, 6.45) is 1.62. The molecule has 5 heteroatoms. The summed E-state index contributed by atoms with van der Waals surface area (Å²) >= 11 is 0. The molecule has 5 nitrogen and oxygen atoms in total. The SMILES string of the molecule is CNC(C)CC1=CC(=O)c2c(O)ccc(O)c2C1=O. The van der Waals surface area contributed by atoms with E-state index < -0.39 is 11.6 Å². The van der Waals surface area contributed by atoms with Crippen molar-refractivity contribution >= 4 is 11.6 Å². The number of aromatic hydroxyl groups is 2. The van der Waals surface area contributed by atoms with E-state index in [1.165, 1.54) is 18.2 Å². The van der Waals surface area contributed by atoms with Gasteiger partial charge in [0.2, 0.25) is 0 Å².